The summed E-state index contributed by atoms with van der Waals surface area (Å²) in [6, 6.07) is 11.9. The zero-order chi connectivity index (χ0) is 21.1. The molecule has 0 atom stereocenters. The number of nitrogens with one attached hydrogen (secondary N) is 1. The van der Waals surface area contributed by atoms with Crippen molar-refractivity contribution in [3.63, 3.8) is 0 Å². The summed E-state index contributed by atoms with van der Waals surface area (Å²) in [5.74, 6) is -0.122. The first kappa shape index (κ1) is 20.8. The van der Waals surface area contributed by atoms with Crippen molar-refractivity contribution in [1.29, 1.82) is 0 Å². The van der Waals surface area contributed by atoms with Gasteiger partial charge < -0.3 is 9.88 Å². The lowest BCUT2D eigenvalue weighted by Gasteiger charge is -2.25. The van der Waals surface area contributed by atoms with Gasteiger partial charge in [-0.15, -0.1) is 0 Å². The largest absolute Gasteiger partial charge is 0.330 e. The number of imidazole rings is 1. The van der Waals surface area contributed by atoms with Gasteiger partial charge >= 0.3 is 0 Å². The molecule has 1 aliphatic rings. The Bertz CT molecular complexity index is 1150. The van der Waals surface area contributed by atoms with Crippen LogP contribution in [0.5, 0.6) is 0 Å². The van der Waals surface area contributed by atoms with Crippen LogP contribution in [0, 0.1) is 0 Å². The van der Waals surface area contributed by atoms with Crippen LogP contribution in [0.2, 0.25) is 5.02 Å². The second-order valence-electron chi connectivity index (χ2n) is 7.36. The van der Waals surface area contributed by atoms with Crippen LogP contribution in [0.15, 0.2) is 53.7 Å². The van der Waals surface area contributed by atoms with Crippen molar-refractivity contribution in [2.24, 2.45) is 0 Å². The summed E-state index contributed by atoms with van der Waals surface area (Å²) in [6.45, 7) is 1.57. The van der Waals surface area contributed by atoms with Gasteiger partial charge in [-0.1, -0.05) is 18.0 Å². The standard InChI is InChI=1S/C21H23ClN4O3S/c22-16-4-6-17(7-5-16)24-21(27)10-13-25-15-23-19-14-18(8-9-20(19)25)30(28,29)26-11-2-1-3-12-26/h4-9,14-15H,1-3,10-13H2,(H,24,27). The summed E-state index contributed by atoms with van der Waals surface area (Å²) < 4.78 is 29.2. The molecule has 1 fully saturated rings. The molecule has 0 bridgehead atoms. The molecule has 0 aliphatic carbocycles. The van der Waals surface area contributed by atoms with Gasteiger partial charge in [0.05, 0.1) is 22.3 Å². The van der Waals surface area contributed by atoms with Crippen molar-refractivity contribution in [3.8, 4) is 0 Å². The molecule has 0 saturated carbocycles. The second-order valence-corrected chi connectivity index (χ2v) is 9.73. The van der Waals surface area contributed by atoms with E-state index in [-0.39, 0.29) is 17.2 Å². The maximum absolute atomic E-state index is 12.9. The van der Waals surface area contributed by atoms with E-state index in [1.54, 1.807) is 53.1 Å². The van der Waals surface area contributed by atoms with Gasteiger partial charge in [-0.3, -0.25) is 4.79 Å². The van der Waals surface area contributed by atoms with Crippen molar-refractivity contribution < 1.29 is 13.2 Å². The highest BCUT2D eigenvalue weighted by Gasteiger charge is 2.26. The van der Waals surface area contributed by atoms with Crippen molar-refractivity contribution in [2.75, 3.05) is 18.4 Å². The summed E-state index contributed by atoms with van der Waals surface area (Å²) in [6.07, 6.45) is 4.77. The van der Waals surface area contributed by atoms with Crippen molar-refractivity contribution in [1.82, 2.24) is 13.9 Å². The van der Waals surface area contributed by atoms with Crippen LogP contribution in [-0.4, -0.2) is 41.3 Å². The average Bonchev–Trinajstić information content (AvgIpc) is 3.17. The number of hydrogen-bond donors (Lipinski definition) is 1. The van der Waals surface area contributed by atoms with Gasteiger partial charge in [-0.2, -0.15) is 4.31 Å². The number of aromatic nitrogens is 2. The van der Waals surface area contributed by atoms with E-state index in [0.29, 0.717) is 35.9 Å². The lowest BCUT2D eigenvalue weighted by molar-refractivity contribution is -0.116. The molecule has 1 saturated heterocycles. The highest BCUT2D eigenvalue weighted by Crippen LogP contribution is 2.24. The first-order chi connectivity index (χ1) is 14.4. The number of benzene rings is 2. The predicted octanol–water partition coefficient (Wildman–Crippen LogP) is 3.89. The lowest BCUT2D eigenvalue weighted by atomic mass is 10.2. The smallest absolute Gasteiger partial charge is 0.243 e. The Labute approximate surface area is 180 Å². The molecule has 30 heavy (non-hydrogen) atoms. The molecule has 0 radical (unpaired) electrons. The van der Waals surface area contributed by atoms with Crippen LogP contribution in [0.1, 0.15) is 25.7 Å². The molecular weight excluding hydrogens is 424 g/mol. The van der Waals surface area contributed by atoms with Crippen molar-refractivity contribution >= 4 is 44.3 Å². The molecule has 0 spiro atoms. The number of nitrogens with zero attached hydrogens (tertiary/aromatic N) is 3. The predicted molar refractivity (Wildman–Crippen MR) is 117 cm³/mol. The minimum Gasteiger partial charge on any atom is -0.330 e. The van der Waals surface area contributed by atoms with Crippen LogP contribution in [0.3, 0.4) is 0 Å². The topological polar surface area (TPSA) is 84.3 Å². The Morgan fingerprint density at radius 2 is 1.80 bits per heavy atom. The average molecular weight is 447 g/mol. The maximum atomic E-state index is 12.9. The van der Waals surface area contributed by atoms with Crippen LogP contribution in [0.25, 0.3) is 11.0 Å². The molecule has 1 aromatic heterocycles. The summed E-state index contributed by atoms with van der Waals surface area (Å²) in [4.78, 5) is 16.8. The SMILES string of the molecule is O=C(CCn1cnc2cc(S(=O)(=O)N3CCCCC3)ccc21)Nc1ccc(Cl)cc1. The summed E-state index contributed by atoms with van der Waals surface area (Å²) in [7, 11) is -3.50. The highest BCUT2D eigenvalue weighted by atomic mass is 35.5. The Kier molecular flexibility index (Phi) is 6.08. The van der Waals surface area contributed by atoms with Gasteiger partial charge in [-0.05, 0) is 55.3 Å². The van der Waals surface area contributed by atoms with Crippen molar-refractivity contribution in [2.45, 2.75) is 37.1 Å². The first-order valence-corrected chi connectivity index (χ1v) is 11.8. The third-order valence-corrected chi connectivity index (χ3v) is 7.40. The first-order valence-electron chi connectivity index (χ1n) is 9.94. The molecule has 158 valence electrons. The number of sulfonamides is 1. The molecular formula is C21H23ClN4O3S. The van der Waals surface area contributed by atoms with Crippen LogP contribution in [-0.2, 0) is 21.4 Å². The van der Waals surface area contributed by atoms with E-state index >= 15 is 0 Å². The van der Waals surface area contributed by atoms with Crippen LogP contribution < -0.4 is 5.32 Å². The van der Waals surface area contributed by atoms with Gasteiger partial charge in [0.1, 0.15) is 0 Å². The summed E-state index contributed by atoms with van der Waals surface area (Å²) in [5.41, 5.74) is 2.09. The maximum Gasteiger partial charge on any atom is 0.243 e. The molecule has 3 aromatic rings. The fourth-order valence-electron chi connectivity index (χ4n) is 3.62. The van der Waals surface area contributed by atoms with E-state index < -0.39 is 10.0 Å². The van der Waals surface area contributed by atoms with Crippen molar-refractivity contribution in [3.05, 3.63) is 53.8 Å². The number of fused-ring (bicyclic) bond motifs is 1. The molecule has 1 N–H and O–H groups in total. The van der Waals surface area contributed by atoms with Crippen LogP contribution in [0.4, 0.5) is 5.69 Å². The van der Waals surface area contributed by atoms with E-state index in [2.05, 4.69) is 10.3 Å². The molecule has 4 rings (SSSR count). The van der Waals surface area contributed by atoms with Gasteiger partial charge in [0.25, 0.3) is 0 Å². The van der Waals surface area contributed by atoms with E-state index in [1.165, 1.54) is 0 Å². The molecule has 2 heterocycles. The number of rotatable bonds is 6. The van der Waals surface area contributed by atoms with E-state index in [4.69, 9.17) is 11.6 Å². The molecule has 0 unspecified atom stereocenters. The minimum atomic E-state index is -3.50. The number of halogens is 1. The quantitative estimate of drug-likeness (QED) is 0.622. The number of anilines is 1. The molecule has 1 aliphatic heterocycles. The Hall–Kier alpha value is -2.42. The van der Waals surface area contributed by atoms with Gasteiger partial charge in [0, 0.05) is 36.8 Å². The third-order valence-electron chi connectivity index (χ3n) is 5.25. The Morgan fingerprint density at radius 1 is 1.07 bits per heavy atom. The zero-order valence-electron chi connectivity index (χ0n) is 16.4. The Balaban J connectivity index is 1.44. The normalized spacial score (nSPS) is 15.4. The number of carbonyl (C=O) groups is 1. The molecule has 9 heteroatoms. The Morgan fingerprint density at radius 3 is 2.53 bits per heavy atom. The summed E-state index contributed by atoms with van der Waals surface area (Å²) >= 11 is 5.85. The van der Waals surface area contributed by atoms with E-state index in [9.17, 15) is 13.2 Å². The monoisotopic (exact) mass is 446 g/mol. The fraction of sp³-hybridized carbons (Fsp3) is 0.333. The number of piperidine rings is 1. The van der Waals surface area contributed by atoms with Crippen LogP contribution >= 0.6 is 11.6 Å². The molecule has 1 amide bonds. The third kappa shape index (κ3) is 4.50. The van der Waals surface area contributed by atoms with E-state index in [0.717, 1.165) is 24.8 Å². The van der Waals surface area contributed by atoms with E-state index in [1.807, 2.05) is 4.57 Å². The lowest BCUT2D eigenvalue weighted by Crippen LogP contribution is -2.35. The van der Waals surface area contributed by atoms with Gasteiger partial charge in [0.15, 0.2) is 0 Å². The highest BCUT2D eigenvalue weighted by molar-refractivity contribution is 7.89. The number of hydrogen-bond acceptors (Lipinski definition) is 4. The summed E-state index contributed by atoms with van der Waals surface area (Å²) in [5, 5.41) is 3.44. The fourth-order valence-corrected chi connectivity index (χ4v) is 5.28. The molecule has 7 nitrogen and oxygen atoms in total. The van der Waals surface area contributed by atoms with Gasteiger partial charge in [-0.25, -0.2) is 13.4 Å². The number of amides is 1. The van der Waals surface area contributed by atoms with Gasteiger partial charge in [0.2, 0.25) is 15.9 Å². The number of carbonyl (C=O) groups excluding carboxylic acids is 1. The zero-order valence-corrected chi connectivity index (χ0v) is 18.0. The number of aryl methyl sites for hydroxylation is 1. The minimum absolute atomic E-state index is 0.122. The molecule has 2 aromatic carbocycles. The second kappa shape index (κ2) is 8.75.